The molecule has 0 radical (unpaired) electrons. The quantitative estimate of drug-likeness (QED) is 0.600. The van der Waals surface area contributed by atoms with Crippen LogP contribution in [0.2, 0.25) is 0 Å². The first-order chi connectivity index (χ1) is 12.7. The molecule has 0 fully saturated rings. The van der Waals surface area contributed by atoms with E-state index in [2.05, 4.69) is 0 Å². The van der Waals surface area contributed by atoms with Crippen LogP contribution in [-0.4, -0.2) is 16.5 Å². The second-order valence-corrected chi connectivity index (χ2v) is 7.72. The highest BCUT2D eigenvalue weighted by Crippen LogP contribution is 2.46. The number of benzene rings is 1. The highest BCUT2D eigenvalue weighted by molar-refractivity contribution is 6.11. The van der Waals surface area contributed by atoms with Crippen LogP contribution >= 0.6 is 0 Å². The maximum Gasteiger partial charge on any atom is 0.336 e. The molecule has 1 aliphatic rings. The number of hydrogen-bond donors (Lipinski definition) is 1. The van der Waals surface area contributed by atoms with Gasteiger partial charge in [-0.2, -0.15) is 0 Å². The number of carbonyl (C=O) groups excluding carboxylic acids is 1. The molecule has 2 aromatic rings. The normalized spacial score (nSPS) is 16.0. The third-order valence-electron chi connectivity index (χ3n) is 5.08. The van der Waals surface area contributed by atoms with Gasteiger partial charge in [0, 0.05) is 12.0 Å². The highest BCUT2D eigenvalue weighted by Gasteiger charge is 2.34. The summed E-state index contributed by atoms with van der Waals surface area (Å²) in [5.74, 6) is -0.310. The Morgan fingerprint density at radius 3 is 2.63 bits per heavy atom. The number of rotatable bonds is 5. The van der Waals surface area contributed by atoms with Gasteiger partial charge in [0.05, 0.1) is 10.9 Å². The van der Waals surface area contributed by atoms with E-state index in [0.29, 0.717) is 29.4 Å². The first-order valence-electron chi connectivity index (χ1n) is 9.48. The average Bonchev–Trinajstić information content (AvgIpc) is 2.59. The second-order valence-electron chi connectivity index (χ2n) is 7.72. The summed E-state index contributed by atoms with van der Waals surface area (Å²) in [4.78, 5) is 25.2. The Kier molecular flexibility index (Phi) is 4.89. The first kappa shape index (κ1) is 19.2. The molecule has 5 nitrogen and oxygen atoms in total. The molecular weight excluding hydrogens is 344 g/mol. The molecular formula is C22H26O5. The fourth-order valence-electron chi connectivity index (χ4n) is 3.43. The van der Waals surface area contributed by atoms with Gasteiger partial charge in [-0.3, -0.25) is 4.79 Å². The number of ether oxygens (including phenoxy) is 1. The van der Waals surface area contributed by atoms with Crippen molar-refractivity contribution in [3.8, 4) is 11.5 Å². The maximum atomic E-state index is 13.1. The van der Waals surface area contributed by atoms with Crippen LogP contribution in [0.3, 0.4) is 0 Å². The lowest BCUT2D eigenvalue weighted by Gasteiger charge is -2.30. The van der Waals surface area contributed by atoms with Gasteiger partial charge >= 0.3 is 5.63 Å². The molecule has 5 heteroatoms. The van der Waals surface area contributed by atoms with E-state index in [0.717, 1.165) is 6.42 Å². The predicted octanol–water partition coefficient (Wildman–Crippen LogP) is 4.86. The lowest BCUT2D eigenvalue weighted by molar-refractivity contribution is 0.0911. The summed E-state index contributed by atoms with van der Waals surface area (Å²) in [6.07, 6.45) is 5.71. The molecule has 1 aromatic carbocycles. The average molecular weight is 370 g/mol. The first-order valence-corrected chi connectivity index (χ1v) is 9.48. The zero-order chi connectivity index (χ0) is 19.9. The largest absolute Gasteiger partial charge is 0.506 e. The van der Waals surface area contributed by atoms with Crippen LogP contribution in [0.25, 0.3) is 17.0 Å². The van der Waals surface area contributed by atoms with Crippen molar-refractivity contribution in [2.75, 3.05) is 0 Å². The van der Waals surface area contributed by atoms with Crippen molar-refractivity contribution in [2.24, 2.45) is 5.92 Å². The summed E-state index contributed by atoms with van der Waals surface area (Å²) in [5, 5.41) is 11.5. The number of fused-ring (bicyclic) bond motifs is 3. The van der Waals surface area contributed by atoms with Crippen molar-refractivity contribution >= 4 is 22.8 Å². The summed E-state index contributed by atoms with van der Waals surface area (Å²) in [5.41, 5.74) is 0.538. The van der Waals surface area contributed by atoms with Crippen LogP contribution in [0, 0.1) is 5.92 Å². The number of aryl methyl sites for hydroxylation is 1. The maximum absolute atomic E-state index is 13.1. The molecule has 0 saturated heterocycles. The van der Waals surface area contributed by atoms with Crippen LogP contribution in [0.5, 0.6) is 11.5 Å². The predicted molar refractivity (Wildman–Crippen MR) is 106 cm³/mol. The van der Waals surface area contributed by atoms with E-state index in [1.165, 1.54) is 6.07 Å². The minimum Gasteiger partial charge on any atom is -0.506 e. The molecule has 1 aliphatic heterocycles. The van der Waals surface area contributed by atoms with Crippen molar-refractivity contribution < 1.29 is 19.1 Å². The van der Waals surface area contributed by atoms with Crippen molar-refractivity contribution in [1.82, 2.24) is 0 Å². The topological polar surface area (TPSA) is 76.7 Å². The van der Waals surface area contributed by atoms with Crippen molar-refractivity contribution in [3.05, 3.63) is 39.3 Å². The molecule has 144 valence electrons. The summed E-state index contributed by atoms with van der Waals surface area (Å²) in [7, 11) is 0. The van der Waals surface area contributed by atoms with E-state index in [9.17, 15) is 14.7 Å². The number of ketones is 1. The third kappa shape index (κ3) is 3.27. The van der Waals surface area contributed by atoms with Crippen LogP contribution in [0.15, 0.2) is 21.4 Å². The summed E-state index contributed by atoms with van der Waals surface area (Å²) >= 11 is 0. The van der Waals surface area contributed by atoms with Gasteiger partial charge in [-0.25, -0.2) is 4.79 Å². The van der Waals surface area contributed by atoms with Gasteiger partial charge in [-0.1, -0.05) is 27.2 Å². The van der Waals surface area contributed by atoms with E-state index in [1.807, 2.05) is 46.8 Å². The molecule has 1 unspecified atom stereocenters. The molecule has 0 bridgehead atoms. The van der Waals surface area contributed by atoms with Crippen LogP contribution in [-0.2, 0) is 6.42 Å². The van der Waals surface area contributed by atoms with Crippen LogP contribution in [0.4, 0.5) is 0 Å². The number of hydrogen-bond acceptors (Lipinski definition) is 5. The van der Waals surface area contributed by atoms with Gasteiger partial charge < -0.3 is 14.3 Å². The van der Waals surface area contributed by atoms with Gasteiger partial charge in [-0.05, 0) is 44.4 Å². The SMILES string of the molecule is CCCc1cc(=O)oc2c3c(c(C(=O)C(C)CC)c(O)c12)OC(C)(C)C=C3. The van der Waals surface area contributed by atoms with E-state index in [4.69, 9.17) is 9.15 Å². The minimum absolute atomic E-state index is 0.160. The van der Waals surface area contributed by atoms with Gasteiger partial charge in [0.15, 0.2) is 11.4 Å². The Hall–Kier alpha value is -2.56. The molecule has 1 N–H and O–H groups in total. The number of phenolic OH excluding ortho intramolecular Hbond substituents is 1. The second kappa shape index (κ2) is 6.87. The smallest absolute Gasteiger partial charge is 0.336 e. The Balaban J connectivity index is 2.47. The summed E-state index contributed by atoms with van der Waals surface area (Å²) in [6.45, 7) is 9.50. The van der Waals surface area contributed by atoms with Gasteiger partial charge in [0.25, 0.3) is 0 Å². The van der Waals surface area contributed by atoms with Gasteiger partial charge in [0.2, 0.25) is 0 Å². The Labute approximate surface area is 158 Å². The number of Topliss-reactive ketones (excluding diaryl/α,β-unsaturated/α-hetero) is 1. The van der Waals surface area contributed by atoms with Crippen molar-refractivity contribution in [1.29, 1.82) is 0 Å². The summed E-state index contributed by atoms with van der Waals surface area (Å²) < 4.78 is 11.5. The van der Waals surface area contributed by atoms with Crippen LogP contribution < -0.4 is 10.4 Å². The molecule has 0 amide bonds. The Morgan fingerprint density at radius 1 is 1.30 bits per heavy atom. The number of phenols is 1. The molecule has 0 aliphatic carbocycles. The molecule has 27 heavy (non-hydrogen) atoms. The fourth-order valence-corrected chi connectivity index (χ4v) is 3.43. The molecule has 1 aromatic heterocycles. The number of carbonyl (C=O) groups is 1. The van der Waals surface area contributed by atoms with Crippen molar-refractivity contribution in [2.45, 2.75) is 59.5 Å². The lowest BCUT2D eigenvalue weighted by Crippen LogP contribution is -2.29. The van der Waals surface area contributed by atoms with Crippen molar-refractivity contribution in [3.63, 3.8) is 0 Å². The molecule has 1 atom stereocenters. The van der Waals surface area contributed by atoms with E-state index >= 15 is 0 Å². The monoisotopic (exact) mass is 370 g/mol. The Morgan fingerprint density at radius 2 is 2.00 bits per heavy atom. The molecule has 3 rings (SSSR count). The zero-order valence-electron chi connectivity index (χ0n) is 16.5. The van der Waals surface area contributed by atoms with Gasteiger partial charge in [-0.15, -0.1) is 0 Å². The lowest BCUT2D eigenvalue weighted by atomic mass is 9.88. The third-order valence-corrected chi connectivity index (χ3v) is 5.08. The van der Waals surface area contributed by atoms with Crippen LogP contribution in [0.1, 0.15) is 68.9 Å². The minimum atomic E-state index is -0.640. The highest BCUT2D eigenvalue weighted by atomic mass is 16.5. The fraction of sp³-hybridized carbons (Fsp3) is 0.455. The van der Waals surface area contributed by atoms with E-state index in [1.54, 1.807) is 0 Å². The summed E-state index contributed by atoms with van der Waals surface area (Å²) in [6, 6.07) is 1.40. The zero-order valence-corrected chi connectivity index (χ0v) is 16.5. The standard InChI is InChI=1S/C22H26O5/c1-6-8-13-11-15(23)26-20-14-9-10-22(4,5)27-21(14)17(19(25)16(13)20)18(24)12(3)7-2/h9-12,25H,6-8H2,1-5H3. The molecule has 0 saturated carbocycles. The van der Waals surface area contributed by atoms with E-state index < -0.39 is 11.2 Å². The Bertz CT molecular complexity index is 994. The van der Waals surface area contributed by atoms with E-state index in [-0.39, 0.29) is 34.3 Å². The molecule has 2 heterocycles. The number of aromatic hydroxyl groups is 1. The molecule has 0 spiro atoms. The van der Waals surface area contributed by atoms with Gasteiger partial charge in [0.1, 0.15) is 22.7 Å².